The van der Waals surface area contributed by atoms with Crippen molar-refractivity contribution in [2.24, 2.45) is 7.05 Å². The smallest absolute Gasteiger partial charge is 0.0723 e. The summed E-state index contributed by atoms with van der Waals surface area (Å²) in [6, 6.07) is 0. The predicted molar refractivity (Wildman–Crippen MR) is 54.9 cm³/mol. The first-order valence-corrected chi connectivity index (χ1v) is 4.70. The molecule has 74 valence electrons. The normalized spacial score (nSPS) is 14.9. The standard InChI is InChI=1S/C5H9N3.C4H9N/c1-6-5-3-7-8(2)4-5;1-2-4-5-3-1/h3-4,6H,1-2H3;5H,1-4H2. The third-order valence-corrected chi connectivity index (χ3v) is 1.95. The van der Waals surface area contributed by atoms with Gasteiger partial charge in [-0.05, 0) is 25.9 Å². The van der Waals surface area contributed by atoms with Gasteiger partial charge in [0.2, 0.25) is 0 Å². The average molecular weight is 182 g/mol. The number of aryl methyl sites for hydroxylation is 1. The molecule has 4 nitrogen and oxygen atoms in total. The second kappa shape index (κ2) is 5.59. The second-order valence-electron chi connectivity index (χ2n) is 3.11. The van der Waals surface area contributed by atoms with Crippen LogP contribution in [0.1, 0.15) is 12.8 Å². The van der Waals surface area contributed by atoms with Crippen LogP contribution in [0.4, 0.5) is 5.69 Å². The summed E-state index contributed by atoms with van der Waals surface area (Å²) in [6.45, 7) is 2.50. The fourth-order valence-corrected chi connectivity index (χ4v) is 1.18. The molecule has 1 saturated heterocycles. The highest BCUT2D eigenvalue weighted by Gasteiger charge is 1.93. The maximum Gasteiger partial charge on any atom is 0.0723 e. The molecule has 0 aromatic carbocycles. The van der Waals surface area contributed by atoms with Gasteiger partial charge in [-0.1, -0.05) is 0 Å². The molecule has 0 atom stereocenters. The highest BCUT2D eigenvalue weighted by molar-refractivity contribution is 5.36. The van der Waals surface area contributed by atoms with Crippen LogP contribution < -0.4 is 10.6 Å². The Labute approximate surface area is 79.3 Å². The fourth-order valence-electron chi connectivity index (χ4n) is 1.18. The van der Waals surface area contributed by atoms with E-state index in [0.29, 0.717) is 0 Å². The minimum Gasteiger partial charge on any atom is -0.386 e. The van der Waals surface area contributed by atoms with Crippen LogP contribution >= 0.6 is 0 Å². The predicted octanol–water partition coefficient (Wildman–Crippen LogP) is 0.832. The lowest BCUT2D eigenvalue weighted by Gasteiger charge is -1.86. The summed E-state index contributed by atoms with van der Waals surface area (Å²) >= 11 is 0. The van der Waals surface area contributed by atoms with E-state index in [9.17, 15) is 0 Å². The first-order chi connectivity index (χ1) is 6.33. The maximum absolute atomic E-state index is 3.94. The molecule has 2 N–H and O–H groups in total. The van der Waals surface area contributed by atoms with Crippen LogP contribution in [0.25, 0.3) is 0 Å². The van der Waals surface area contributed by atoms with Crippen LogP contribution in [0.15, 0.2) is 12.4 Å². The lowest BCUT2D eigenvalue weighted by atomic mass is 10.4. The van der Waals surface area contributed by atoms with E-state index in [1.165, 1.54) is 25.9 Å². The minimum atomic E-state index is 1.05. The highest BCUT2D eigenvalue weighted by Crippen LogP contribution is 1.99. The number of rotatable bonds is 1. The molecule has 2 rings (SSSR count). The van der Waals surface area contributed by atoms with E-state index in [4.69, 9.17) is 0 Å². The third kappa shape index (κ3) is 3.94. The Hall–Kier alpha value is -1.03. The summed E-state index contributed by atoms with van der Waals surface area (Å²) in [4.78, 5) is 0. The van der Waals surface area contributed by atoms with Gasteiger partial charge in [0.05, 0.1) is 11.9 Å². The van der Waals surface area contributed by atoms with Gasteiger partial charge in [-0.15, -0.1) is 0 Å². The summed E-state index contributed by atoms with van der Waals surface area (Å²) < 4.78 is 1.76. The molecule has 0 unspecified atom stereocenters. The molecule has 0 spiro atoms. The van der Waals surface area contributed by atoms with Gasteiger partial charge in [-0.3, -0.25) is 4.68 Å². The molecule has 0 aliphatic carbocycles. The van der Waals surface area contributed by atoms with Crippen molar-refractivity contribution < 1.29 is 0 Å². The van der Waals surface area contributed by atoms with Gasteiger partial charge >= 0.3 is 0 Å². The molecule has 13 heavy (non-hydrogen) atoms. The lowest BCUT2D eigenvalue weighted by molar-refractivity contribution is 0.768. The molecule has 1 fully saturated rings. The second-order valence-corrected chi connectivity index (χ2v) is 3.11. The molecule has 0 bridgehead atoms. The summed E-state index contributed by atoms with van der Waals surface area (Å²) in [6.07, 6.45) is 6.47. The van der Waals surface area contributed by atoms with Crippen LogP contribution in [0.2, 0.25) is 0 Å². The molecular weight excluding hydrogens is 164 g/mol. The Morgan fingerprint density at radius 3 is 2.38 bits per heavy atom. The molecule has 1 aromatic heterocycles. The number of nitrogens with one attached hydrogen (secondary N) is 2. The Morgan fingerprint density at radius 1 is 1.46 bits per heavy atom. The van der Waals surface area contributed by atoms with E-state index in [1.54, 1.807) is 10.9 Å². The Balaban J connectivity index is 0.000000145. The van der Waals surface area contributed by atoms with Crippen molar-refractivity contribution in [1.82, 2.24) is 15.1 Å². The molecule has 1 aliphatic heterocycles. The zero-order valence-electron chi connectivity index (χ0n) is 8.38. The monoisotopic (exact) mass is 182 g/mol. The zero-order valence-corrected chi connectivity index (χ0v) is 8.38. The van der Waals surface area contributed by atoms with Gasteiger partial charge < -0.3 is 10.6 Å². The van der Waals surface area contributed by atoms with E-state index in [0.717, 1.165) is 5.69 Å². The number of hydrogen-bond acceptors (Lipinski definition) is 3. The molecule has 1 aliphatic rings. The van der Waals surface area contributed by atoms with Crippen LogP contribution in [-0.4, -0.2) is 29.9 Å². The molecule has 0 radical (unpaired) electrons. The van der Waals surface area contributed by atoms with Crippen molar-refractivity contribution in [3.8, 4) is 0 Å². The Kier molecular flexibility index (Phi) is 4.32. The number of nitrogens with zero attached hydrogens (tertiary/aromatic N) is 2. The van der Waals surface area contributed by atoms with Crippen LogP contribution in [0.3, 0.4) is 0 Å². The van der Waals surface area contributed by atoms with E-state index >= 15 is 0 Å². The number of hydrogen-bond donors (Lipinski definition) is 2. The molecule has 4 heteroatoms. The first-order valence-electron chi connectivity index (χ1n) is 4.70. The van der Waals surface area contributed by atoms with Crippen molar-refractivity contribution in [1.29, 1.82) is 0 Å². The van der Waals surface area contributed by atoms with Crippen LogP contribution in [-0.2, 0) is 7.05 Å². The topological polar surface area (TPSA) is 41.9 Å². The molecule has 0 saturated carbocycles. The van der Waals surface area contributed by atoms with E-state index in [-0.39, 0.29) is 0 Å². The Bertz CT molecular complexity index is 220. The largest absolute Gasteiger partial charge is 0.386 e. The lowest BCUT2D eigenvalue weighted by Crippen LogP contribution is -2.03. The highest BCUT2D eigenvalue weighted by atomic mass is 15.2. The first kappa shape index (κ1) is 10.1. The summed E-state index contributed by atoms with van der Waals surface area (Å²) in [5.74, 6) is 0. The van der Waals surface area contributed by atoms with Crippen LogP contribution in [0.5, 0.6) is 0 Å². The third-order valence-electron chi connectivity index (χ3n) is 1.95. The molecule has 1 aromatic rings. The van der Waals surface area contributed by atoms with Gasteiger partial charge in [0.15, 0.2) is 0 Å². The van der Waals surface area contributed by atoms with Gasteiger partial charge in [0, 0.05) is 20.3 Å². The van der Waals surface area contributed by atoms with Gasteiger partial charge in [0.25, 0.3) is 0 Å². The van der Waals surface area contributed by atoms with Gasteiger partial charge in [-0.2, -0.15) is 5.10 Å². The summed E-state index contributed by atoms with van der Waals surface area (Å²) in [5, 5.41) is 10.1. The number of aromatic nitrogens is 2. The van der Waals surface area contributed by atoms with E-state index < -0.39 is 0 Å². The van der Waals surface area contributed by atoms with E-state index in [1.807, 2.05) is 20.3 Å². The molecule has 0 amide bonds. The Morgan fingerprint density at radius 2 is 2.15 bits per heavy atom. The zero-order chi connectivity index (χ0) is 9.52. The van der Waals surface area contributed by atoms with E-state index in [2.05, 4.69) is 15.7 Å². The molecule has 2 heterocycles. The van der Waals surface area contributed by atoms with Crippen molar-refractivity contribution in [2.45, 2.75) is 12.8 Å². The summed E-state index contributed by atoms with van der Waals surface area (Å²) in [5.41, 5.74) is 1.05. The van der Waals surface area contributed by atoms with Crippen molar-refractivity contribution in [2.75, 3.05) is 25.5 Å². The van der Waals surface area contributed by atoms with Gasteiger partial charge in [0.1, 0.15) is 0 Å². The average Bonchev–Trinajstić information content (AvgIpc) is 2.76. The fraction of sp³-hybridized carbons (Fsp3) is 0.667. The quantitative estimate of drug-likeness (QED) is 0.676. The van der Waals surface area contributed by atoms with Crippen molar-refractivity contribution in [3.05, 3.63) is 12.4 Å². The van der Waals surface area contributed by atoms with Crippen molar-refractivity contribution >= 4 is 5.69 Å². The SMILES string of the molecule is C1CCNC1.CNc1cnn(C)c1. The van der Waals surface area contributed by atoms with Crippen LogP contribution in [0, 0.1) is 0 Å². The molecular formula is C9H18N4. The maximum atomic E-state index is 3.94. The minimum absolute atomic E-state index is 1.05. The number of anilines is 1. The summed E-state index contributed by atoms with van der Waals surface area (Å²) in [7, 11) is 3.76. The van der Waals surface area contributed by atoms with Crippen molar-refractivity contribution in [3.63, 3.8) is 0 Å². The van der Waals surface area contributed by atoms with Gasteiger partial charge in [-0.25, -0.2) is 0 Å².